The van der Waals surface area contributed by atoms with Crippen molar-refractivity contribution in [2.45, 2.75) is 25.4 Å². The number of hydrogen-bond donors (Lipinski definition) is 2. The third kappa shape index (κ3) is 3.39. The average Bonchev–Trinajstić information content (AvgIpc) is 2.95. The van der Waals surface area contributed by atoms with Gasteiger partial charge in [-0.1, -0.05) is 17.7 Å². The van der Waals surface area contributed by atoms with Gasteiger partial charge in [0.2, 0.25) is 0 Å². The van der Waals surface area contributed by atoms with Gasteiger partial charge in [-0.2, -0.15) is 0 Å². The van der Waals surface area contributed by atoms with E-state index in [0.29, 0.717) is 35.7 Å². The molecule has 1 fully saturated rings. The maximum Gasteiger partial charge on any atom is 0.326 e. The highest BCUT2D eigenvalue weighted by Crippen LogP contribution is 2.26. The lowest BCUT2D eigenvalue weighted by Crippen LogP contribution is -2.45. The number of amides is 2. The fraction of sp³-hybridized carbons (Fsp3) is 0.429. The Morgan fingerprint density at radius 3 is 2.95 bits per heavy atom. The molecule has 1 aromatic rings. The van der Waals surface area contributed by atoms with Gasteiger partial charge in [0, 0.05) is 23.7 Å². The van der Waals surface area contributed by atoms with Crippen molar-refractivity contribution in [3.05, 3.63) is 28.8 Å². The van der Waals surface area contributed by atoms with E-state index in [4.69, 9.17) is 21.4 Å². The van der Waals surface area contributed by atoms with Crippen LogP contribution >= 0.6 is 11.6 Å². The minimum Gasteiger partial charge on any atom is -0.496 e. The molecule has 7 heteroatoms. The van der Waals surface area contributed by atoms with Crippen molar-refractivity contribution in [2.24, 2.45) is 0 Å². The molecule has 1 aromatic carbocycles. The van der Waals surface area contributed by atoms with Crippen LogP contribution in [0.3, 0.4) is 0 Å². The Morgan fingerprint density at radius 1 is 1.52 bits per heavy atom. The van der Waals surface area contributed by atoms with Gasteiger partial charge in [0.15, 0.2) is 0 Å². The first kappa shape index (κ1) is 15.4. The van der Waals surface area contributed by atoms with Crippen LogP contribution in [0.2, 0.25) is 5.02 Å². The molecule has 114 valence electrons. The van der Waals surface area contributed by atoms with Crippen molar-refractivity contribution in [3.8, 4) is 5.75 Å². The number of rotatable bonds is 4. The molecule has 0 aliphatic carbocycles. The fourth-order valence-corrected chi connectivity index (χ4v) is 2.67. The van der Waals surface area contributed by atoms with Crippen molar-refractivity contribution in [1.82, 2.24) is 10.2 Å². The van der Waals surface area contributed by atoms with Gasteiger partial charge in [-0.25, -0.2) is 9.59 Å². The van der Waals surface area contributed by atoms with Gasteiger partial charge in [-0.05, 0) is 25.0 Å². The zero-order valence-corrected chi connectivity index (χ0v) is 12.4. The van der Waals surface area contributed by atoms with Crippen LogP contribution in [-0.2, 0) is 11.3 Å². The van der Waals surface area contributed by atoms with Crippen LogP contribution in [-0.4, -0.2) is 41.7 Å². The number of carbonyl (C=O) groups excluding carboxylic acids is 1. The van der Waals surface area contributed by atoms with Gasteiger partial charge >= 0.3 is 12.0 Å². The standard InChI is InChI=1S/C14H17ClN2O4/c1-21-12-6-2-4-10(15)9(12)8-16-14(20)17-7-3-5-11(17)13(18)19/h2,4,6,11H,3,5,7-8H2,1H3,(H,16,20)(H,18,19)/t11-/m1/s1. The zero-order valence-electron chi connectivity index (χ0n) is 11.6. The van der Waals surface area contributed by atoms with Crippen LogP contribution in [0, 0.1) is 0 Å². The van der Waals surface area contributed by atoms with E-state index in [1.54, 1.807) is 18.2 Å². The van der Waals surface area contributed by atoms with Crippen molar-refractivity contribution in [2.75, 3.05) is 13.7 Å². The molecule has 0 aromatic heterocycles. The molecule has 0 spiro atoms. The number of nitrogens with zero attached hydrogens (tertiary/aromatic N) is 1. The molecule has 1 atom stereocenters. The maximum absolute atomic E-state index is 12.1. The van der Waals surface area contributed by atoms with Crippen LogP contribution in [0.15, 0.2) is 18.2 Å². The second-order valence-electron chi connectivity index (χ2n) is 4.77. The quantitative estimate of drug-likeness (QED) is 0.892. The average molecular weight is 313 g/mol. The summed E-state index contributed by atoms with van der Waals surface area (Å²) >= 11 is 6.09. The van der Waals surface area contributed by atoms with Crippen molar-refractivity contribution >= 4 is 23.6 Å². The van der Waals surface area contributed by atoms with E-state index in [1.165, 1.54) is 12.0 Å². The molecule has 0 radical (unpaired) electrons. The molecule has 2 N–H and O–H groups in total. The number of methoxy groups -OCH3 is 1. The van der Waals surface area contributed by atoms with Crippen LogP contribution in [0.25, 0.3) is 0 Å². The van der Waals surface area contributed by atoms with Crippen LogP contribution in [0.4, 0.5) is 4.79 Å². The summed E-state index contributed by atoms with van der Waals surface area (Å²) in [5.74, 6) is -0.392. The van der Waals surface area contributed by atoms with E-state index in [-0.39, 0.29) is 6.54 Å². The summed E-state index contributed by atoms with van der Waals surface area (Å²) in [5.41, 5.74) is 0.668. The number of ether oxygens (including phenoxy) is 1. The molecular weight excluding hydrogens is 296 g/mol. The molecule has 0 unspecified atom stereocenters. The topological polar surface area (TPSA) is 78.9 Å². The Hall–Kier alpha value is -1.95. The minimum atomic E-state index is -0.974. The number of urea groups is 1. The molecule has 2 amide bonds. The smallest absolute Gasteiger partial charge is 0.326 e. The van der Waals surface area contributed by atoms with Gasteiger partial charge in [0.25, 0.3) is 0 Å². The molecule has 0 bridgehead atoms. The molecule has 1 aliphatic heterocycles. The Morgan fingerprint density at radius 2 is 2.29 bits per heavy atom. The van der Waals surface area contributed by atoms with E-state index in [1.807, 2.05) is 0 Å². The molecular formula is C14H17ClN2O4. The molecule has 6 nitrogen and oxygen atoms in total. The Labute approximate surface area is 127 Å². The number of carboxylic acids is 1. The second kappa shape index (κ2) is 6.67. The first-order chi connectivity index (χ1) is 10.0. The second-order valence-corrected chi connectivity index (χ2v) is 5.18. The maximum atomic E-state index is 12.1. The predicted molar refractivity (Wildman–Crippen MR) is 77.6 cm³/mol. The molecule has 1 heterocycles. The van der Waals surface area contributed by atoms with E-state index >= 15 is 0 Å². The van der Waals surface area contributed by atoms with Gasteiger partial charge in [-0.3, -0.25) is 0 Å². The SMILES string of the molecule is COc1cccc(Cl)c1CNC(=O)N1CCC[C@@H]1C(=O)O. The van der Waals surface area contributed by atoms with E-state index in [0.717, 1.165) is 0 Å². The normalized spacial score (nSPS) is 17.6. The summed E-state index contributed by atoms with van der Waals surface area (Å²) in [5, 5.41) is 12.3. The summed E-state index contributed by atoms with van der Waals surface area (Å²) < 4.78 is 5.20. The molecule has 2 rings (SSSR count). The van der Waals surface area contributed by atoms with Gasteiger partial charge < -0.3 is 20.1 Å². The lowest BCUT2D eigenvalue weighted by Gasteiger charge is -2.22. The highest BCUT2D eigenvalue weighted by Gasteiger charge is 2.33. The summed E-state index contributed by atoms with van der Waals surface area (Å²) in [6.45, 7) is 0.632. The van der Waals surface area contributed by atoms with Crippen molar-refractivity contribution in [3.63, 3.8) is 0 Å². The van der Waals surface area contributed by atoms with Crippen LogP contribution < -0.4 is 10.1 Å². The van der Waals surface area contributed by atoms with Crippen molar-refractivity contribution < 1.29 is 19.4 Å². The summed E-state index contributed by atoms with van der Waals surface area (Å²) in [6.07, 6.45) is 1.18. The highest BCUT2D eigenvalue weighted by molar-refractivity contribution is 6.31. The number of aliphatic carboxylic acids is 1. The number of carbonyl (C=O) groups is 2. The van der Waals surface area contributed by atoms with Crippen LogP contribution in [0.1, 0.15) is 18.4 Å². The summed E-state index contributed by atoms with van der Waals surface area (Å²) in [4.78, 5) is 24.5. The molecule has 0 saturated carbocycles. The lowest BCUT2D eigenvalue weighted by atomic mass is 10.2. The first-order valence-corrected chi connectivity index (χ1v) is 7.01. The highest BCUT2D eigenvalue weighted by atomic mass is 35.5. The number of carboxylic acid groups (broad SMARTS) is 1. The summed E-state index contributed by atoms with van der Waals surface area (Å²) in [6, 6.07) is 4.07. The Bertz CT molecular complexity index is 550. The number of benzene rings is 1. The predicted octanol–water partition coefficient (Wildman–Crippen LogP) is 2.11. The van der Waals surface area contributed by atoms with Gasteiger partial charge in [-0.15, -0.1) is 0 Å². The van der Waals surface area contributed by atoms with E-state index in [2.05, 4.69) is 5.32 Å². The molecule has 21 heavy (non-hydrogen) atoms. The van der Waals surface area contributed by atoms with Crippen LogP contribution in [0.5, 0.6) is 5.75 Å². The van der Waals surface area contributed by atoms with E-state index in [9.17, 15) is 9.59 Å². The van der Waals surface area contributed by atoms with Gasteiger partial charge in [0.05, 0.1) is 7.11 Å². The van der Waals surface area contributed by atoms with Gasteiger partial charge in [0.1, 0.15) is 11.8 Å². The summed E-state index contributed by atoms with van der Waals surface area (Å²) in [7, 11) is 1.53. The number of likely N-dealkylation sites (tertiary alicyclic amines) is 1. The number of halogens is 1. The third-order valence-electron chi connectivity index (χ3n) is 3.51. The minimum absolute atomic E-state index is 0.185. The largest absolute Gasteiger partial charge is 0.496 e. The molecule has 1 saturated heterocycles. The monoisotopic (exact) mass is 312 g/mol. The third-order valence-corrected chi connectivity index (χ3v) is 3.87. The Kier molecular flexibility index (Phi) is 4.90. The van der Waals surface area contributed by atoms with E-state index < -0.39 is 18.0 Å². The zero-order chi connectivity index (χ0) is 15.4. The van der Waals surface area contributed by atoms with Crippen molar-refractivity contribution in [1.29, 1.82) is 0 Å². The molecule has 1 aliphatic rings. The first-order valence-electron chi connectivity index (χ1n) is 6.63. The number of hydrogen-bond acceptors (Lipinski definition) is 3. The number of nitrogens with one attached hydrogen (secondary N) is 1. The fourth-order valence-electron chi connectivity index (χ4n) is 2.43. The Balaban J connectivity index is 2.03. The lowest BCUT2D eigenvalue weighted by molar-refractivity contribution is -0.141.